The Morgan fingerprint density at radius 2 is 2.24 bits per heavy atom. The fourth-order valence-electron chi connectivity index (χ4n) is 2.49. The molecule has 1 aliphatic rings. The molecule has 2 aromatic rings. The number of nitrogens with one attached hydrogen (secondary N) is 1. The van der Waals surface area contributed by atoms with Crippen molar-refractivity contribution >= 4 is 10.9 Å². The van der Waals surface area contributed by atoms with Gasteiger partial charge in [0.25, 0.3) is 0 Å². The monoisotopic (exact) mass is 228 g/mol. The number of hydrogen-bond acceptors (Lipinski definition) is 3. The number of para-hydroxylation sites is 1. The molecule has 0 spiro atoms. The minimum atomic E-state index is 0.530. The van der Waals surface area contributed by atoms with E-state index in [-0.39, 0.29) is 0 Å². The molecule has 1 atom stereocenters. The lowest BCUT2D eigenvalue weighted by Crippen LogP contribution is -2.09. The molecule has 0 aliphatic carbocycles. The van der Waals surface area contributed by atoms with Crippen LogP contribution in [0.4, 0.5) is 0 Å². The Balaban J connectivity index is 2.14. The Hall–Kier alpha value is -1.61. The van der Waals surface area contributed by atoms with Crippen LogP contribution in [0.25, 0.3) is 10.9 Å². The number of nitrogens with zero attached hydrogens (tertiary/aromatic N) is 1. The highest BCUT2D eigenvalue weighted by Crippen LogP contribution is 2.31. The van der Waals surface area contributed by atoms with Crippen LogP contribution in [-0.2, 0) is 0 Å². The molecule has 1 aromatic carbocycles. The van der Waals surface area contributed by atoms with Crippen LogP contribution in [0.3, 0.4) is 0 Å². The molecule has 1 aliphatic heterocycles. The maximum absolute atomic E-state index is 5.43. The third kappa shape index (κ3) is 1.87. The second-order valence-electron chi connectivity index (χ2n) is 4.47. The van der Waals surface area contributed by atoms with Gasteiger partial charge in [-0.2, -0.15) is 0 Å². The van der Waals surface area contributed by atoms with Gasteiger partial charge in [-0.05, 0) is 25.1 Å². The van der Waals surface area contributed by atoms with E-state index in [0.717, 1.165) is 30.9 Å². The molecule has 0 radical (unpaired) electrons. The van der Waals surface area contributed by atoms with E-state index in [9.17, 15) is 0 Å². The van der Waals surface area contributed by atoms with Gasteiger partial charge in [0.05, 0.1) is 12.6 Å². The number of rotatable bonds is 2. The van der Waals surface area contributed by atoms with E-state index in [2.05, 4.69) is 22.4 Å². The number of ether oxygens (including phenoxy) is 1. The highest BCUT2D eigenvalue weighted by atomic mass is 16.5. The molecule has 0 amide bonds. The molecule has 1 aromatic heterocycles. The summed E-state index contributed by atoms with van der Waals surface area (Å²) in [6, 6.07) is 10.4. The average Bonchev–Trinajstić information content (AvgIpc) is 2.91. The summed E-state index contributed by atoms with van der Waals surface area (Å²) in [5.41, 5.74) is 2.23. The Morgan fingerprint density at radius 3 is 3.00 bits per heavy atom. The van der Waals surface area contributed by atoms with Crippen molar-refractivity contribution in [1.82, 2.24) is 10.3 Å². The number of aromatic nitrogens is 1. The molecule has 0 saturated carbocycles. The van der Waals surface area contributed by atoms with Crippen molar-refractivity contribution in [3.63, 3.8) is 0 Å². The van der Waals surface area contributed by atoms with Crippen molar-refractivity contribution in [2.45, 2.75) is 12.3 Å². The van der Waals surface area contributed by atoms with Gasteiger partial charge in [-0.3, -0.25) is 0 Å². The van der Waals surface area contributed by atoms with Gasteiger partial charge < -0.3 is 10.1 Å². The Labute approximate surface area is 101 Å². The van der Waals surface area contributed by atoms with Gasteiger partial charge >= 0.3 is 0 Å². The second kappa shape index (κ2) is 4.34. The zero-order chi connectivity index (χ0) is 11.7. The number of benzene rings is 1. The van der Waals surface area contributed by atoms with Crippen LogP contribution in [0.1, 0.15) is 17.9 Å². The summed E-state index contributed by atoms with van der Waals surface area (Å²) in [4.78, 5) is 4.59. The van der Waals surface area contributed by atoms with E-state index in [4.69, 9.17) is 4.74 Å². The van der Waals surface area contributed by atoms with Crippen molar-refractivity contribution in [3.8, 4) is 5.88 Å². The molecule has 1 unspecified atom stereocenters. The average molecular weight is 228 g/mol. The van der Waals surface area contributed by atoms with E-state index in [1.54, 1.807) is 7.11 Å². The highest BCUT2D eigenvalue weighted by molar-refractivity contribution is 5.80. The molecule has 1 saturated heterocycles. The van der Waals surface area contributed by atoms with E-state index in [0.29, 0.717) is 5.92 Å². The number of pyridine rings is 1. The molecule has 1 fully saturated rings. The zero-order valence-corrected chi connectivity index (χ0v) is 9.94. The van der Waals surface area contributed by atoms with Crippen LogP contribution in [-0.4, -0.2) is 25.2 Å². The molecule has 1 N–H and O–H groups in total. The summed E-state index contributed by atoms with van der Waals surface area (Å²) < 4.78 is 5.43. The van der Waals surface area contributed by atoms with Gasteiger partial charge in [0.2, 0.25) is 5.88 Å². The van der Waals surface area contributed by atoms with Gasteiger partial charge in [-0.25, -0.2) is 4.98 Å². The van der Waals surface area contributed by atoms with E-state index < -0.39 is 0 Å². The van der Waals surface area contributed by atoms with E-state index in [1.165, 1.54) is 10.9 Å². The standard InChI is InChI=1S/C14H16N2O/c1-17-14-12(11-6-7-15-9-11)8-10-4-2-3-5-13(10)16-14/h2-5,8,11,15H,6-7,9H2,1H3. The highest BCUT2D eigenvalue weighted by Gasteiger charge is 2.21. The van der Waals surface area contributed by atoms with Crippen LogP contribution >= 0.6 is 0 Å². The van der Waals surface area contributed by atoms with Crippen molar-refractivity contribution < 1.29 is 4.74 Å². The van der Waals surface area contributed by atoms with Crippen molar-refractivity contribution in [3.05, 3.63) is 35.9 Å². The summed E-state index contributed by atoms with van der Waals surface area (Å²) in [6.07, 6.45) is 1.16. The minimum Gasteiger partial charge on any atom is -0.481 e. The summed E-state index contributed by atoms with van der Waals surface area (Å²) in [7, 11) is 1.70. The Kier molecular flexibility index (Phi) is 2.69. The lowest BCUT2D eigenvalue weighted by Gasteiger charge is -2.14. The maximum Gasteiger partial charge on any atom is 0.217 e. The van der Waals surface area contributed by atoms with Crippen LogP contribution in [0.2, 0.25) is 0 Å². The number of methoxy groups -OCH3 is 1. The van der Waals surface area contributed by atoms with Crippen LogP contribution in [0.15, 0.2) is 30.3 Å². The van der Waals surface area contributed by atoms with E-state index >= 15 is 0 Å². The first-order valence-electron chi connectivity index (χ1n) is 6.03. The number of fused-ring (bicyclic) bond motifs is 1. The molecule has 3 rings (SSSR count). The quantitative estimate of drug-likeness (QED) is 0.856. The van der Waals surface area contributed by atoms with Gasteiger partial charge in [0.1, 0.15) is 0 Å². The fourth-order valence-corrected chi connectivity index (χ4v) is 2.49. The van der Waals surface area contributed by atoms with Crippen LogP contribution in [0, 0.1) is 0 Å². The van der Waals surface area contributed by atoms with Gasteiger partial charge in [-0.1, -0.05) is 18.2 Å². The van der Waals surface area contributed by atoms with Crippen LogP contribution < -0.4 is 10.1 Å². The molecule has 17 heavy (non-hydrogen) atoms. The summed E-state index contributed by atoms with van der Waals surface area (Å²) >= 11 is 0. The topological polar surface area (TPSA) is 34.1 Å². The van der Waals surface area contributed by atoms with Crippen molar-refractivity contribution in [2.24, 2.45) is 0 Å². The lowest BCUT2D eigenvalue weighted by molar-refractivity contribution is 0.391. The number of hydrogen-bond donors (Lipinski definition) is 1. The summed E-state index contributed by atoms with van der Waals surface area (Å²) in [5, 5.41) is 4.58. The lowest BCUT2D eigenvalue weighted by atomic mass is 9.98. The first-order valence-corrected chi connectivity index (χ1v) is 6.03. The Bertz CT molecular complexity index is 533. The largest absolute Gasteiger partial charge is 0.481 e. The van der Waals surface area contributed by atoms with Gasteiger partial charge in [-0.15, -0.1) is 0 Å². The SMILES string of the molecule is COc1nc2ccccc2cc1C1CCNC1. The van der Waals surface area contributed by atoms with Crippen LogP contribution in [0.5, 0.6) is 5.88 Å². The normalized spacial score (nSPS) is 19.7. The predicted molar refractivity (Wildman–Crippen MR) is 68.5 cm³/mol. The van der Waals surface area contributed by atoms with E-state index in [1.807, 2.05) is 18.2 Å². The third-order valence-electron chi connectivity index (χ3n) is 3.41. The van der Waals surface area contributed by atoms with Gasteiger partial charge in [0, 0.05) is 23.4 Å². The smallest absolute Gasteiger partial charge is 0.217 e. The summed E-state index contributed by atoms with van der Waals surface area (Å²) in [6.45, 7) is 2.11. The molecule has 0 bridgehead atoms. The molecular weight excluding hydrogens is 212 g/mol. The van der Waals surface area contributed by atoms with Crippen molar-refractivity contribution in [1.29, 1.82) is 0 Å². The molecular formula is C14H16N2O. The maximum atomic E-state index is 5.43. The molecule has 3 nitrogen and oxygen atoms in total. The second-order valence-corrected chi connectivity index (χ2v) is 4.47. The first-order chi connectivity index (χ1) is 8.38. The Morgan fingerprint density at radius 1 is 1.35 bits per heavy atom. The molecule has 3 heteroatoms. The first kappa shape index (κ1) is 10.5. The summed E-state index contributed by atoms with van der Waals surface area (Å²) in [5.74, 6) is 1.31. The van der Waals surface area contributed by atoms with Gasteiger partial charge in [0.15, 0.2) is 0 Å². The predicted octanol–water partition coefficient (Wildman–Crippen LogP) is 2.32. The third-order valence-corrected chi connectivity index (χ3v) is 3.41. The van der Waals surface area contributed by atoms with Crippen molar-refractivity contribution in [2.75, 3.05) is 20.2 Å². The fraction of sp³-hybridized carbons (Fsp3) is 0.357. The molecule has 2 heterocycles. The molecule has 88 valence electrons. The minimum absolute atomic E-state index is 0.530. The zero-order valence-electron chi connectivity index (χ0n) is 9.94.